The molecule has 2 heterocycles. The molecule has 1 aliphatic heterocycles. The normalized spacial score (nSPS) is 24.6. The highest BCUT2D eigenvalue weighted by molar-refractivity contribution is 7.70. The Kier molecular flexibility index (Phi) is 8.66. The third-order valence-electron chi connectivity index (χ3n) is 4.57. The van der Waals surface area contributed by atoms with Gasteiger partial charge in [0.25, 0.3) is 0 Å². The topological polar surface area (TPSA) is 210 Å². The Morgan fingerprint density at radius 2 is 1.79 bits per heavy atom. The van der Waals surface area contributed by atoms with E-state index >= 15 is 0 Å². The summed E-state index contributed by atoms with van der Waals surface area (Å²) in [6.07, 6.45) is -4.82. The van der Waals surface area contributed by atoms with E-state index in [9.17, 15) is 29.0 Å². The van der Waals surface area contributed by atoms with Crippen LogP contribution in [-0.2, 0) is 29.8 Å². The van der Waals surface area contributed by atoms with Crippen LogP contribution in [0.15, 0.2) is 41.3 Å². The number of benzene rings is 1. The smallest absolute Gasteiger partial charge is 0.351 e. The number of ether oxygens (including phenoxy) is 1. The molecule has 17 heteroatoms. The molecule has 0 amide bonds. The Balaban J connectivity index is 1.59. The molecular weight excluding hydrogens is 520 g/mol. The Hall–Kier alpha value is -1.67. The minimum Gasteiger partial charge on any atom is -0.387 e. The predicted molar refractivity (Wildman–Crippen MR) is 117 cm³/mol. The second-order valence-electron chi connectivity index (χ2n) is 7.31. The molecule has 6 N–H and O–H groups in total. The van der Waals surface area contributed by atoms with Gasteiger partial charge in [-0.25, -0.2) is 10.3 Å². The number of rotatable bonds is 10. The van der Waals surface area contributed by atoms with E-state index < -0.39 is 57.9 Å². The fourth-order valence-corrected chi connectivity index (χ4v) is 5.69. The monoisotopic (exact) mass is 541 g/mol. The lowest BCUT2D eigenvalue weighted by atomic mass is 10.1. The van der Waals surface area contributed by atoms with Crippen LogP contribution in [0.25, 0.3) is 0 Å². The minimum atomic E-state index is -4.84. The number of aromatic nitrogens is 2. The molecule has 0 spiro atoms. The number of halogens is 1. The van der Waals surface area contributed by atoms with Gasteiger partial charge in [0.05, 0.1) is 13.2 Å². The number of hydrogen-bond donors (Lipinski definition) is 6. The van der Waals surface area contributed by atoms with Gasteiger partial charge in [-0.15, -0.1) is 0 Å². The molecule has 5 atom stereocenters. The third kappa shape index (κ3) is 7.41. The Morgan fingerprint density at radius 3 is 2.41 bits per heavy atom. The highest BCUT2D eigenvalue weighted by atomic mass is 35.5. The van der Waals surface area contributed by atoms with Crippen molar-refractivity contribution in [2.24, 2.45) is 0 Å². The predicted octanol–water partition coefficient (Wildman–Crippen LogP) is 0.397. The molecule has 1 fully saturated rings. The second kappa shape index (κ2) is 10.9. The molecule has 2 aromatic rings. The van der Waals surface area contributed by atoms with Crippen molar-refractivity contribution in [3.63, 3.8) is 0 Å². The molecule has 1 aliphatic rings. The maximum absolute atomic E-state index is 12.4. The largest absolute Gasteiger partial charge is 0.387 e. The van der Waals surface area contributed by atoms with Crippen LogP contribution in [0.3, 0.4) is 0 Å². The number of hydrogen-bond acceptors (Lipinski definition) is 10. The zero-order valence-electron chi connectivity index (χ0n) is 17.2. The average molecular weight is 542 g/mol. The van der Waals surface area contributed by atoms with Crippen molar-refractivity contribution in [3.8, 4) is 0 Å². The summed E-state index contributed by atoms with van der Waals surface area (Å²) in [5.41, 5.74) is 2.44. The van der Waals surface area contributed by atoms with E-state index in [1.54, 1.807) is 24.3 Å². The molecule has 1 aromatic heterocycles. The lowest BCUT2D eigenvalue weighted by Crippen LogP contribution is -2.36. The zero-order valence-corrected chi connectivity index (χ0v) is 19.8. The molecule has 0 saturated carbocycles. The van der Waals surface area contributed by atoms with Crippen molar-refractivity contribution in [3.05, 3.63) is 57.6 Å². The van der Waals surface area contributed by atoms with Crippen LogP contribution in [0.5, 0.6) is 0 Å². The van der Waals surface area contributed by atoms with Gasteiger partial charge in [-0.2, -0.15) is 4.98 Å². The molecule has 1 saturated heterocycles. The molecule has 1 aromatic carbocycles. The van der Waals surface area contributed by atoms with Crippen molar-refractivity contribution in [1.82, 2.24) is 9.55 Å². The van der Waals surface area contributed by atoms with E-state index in [0.717, 1.165) is 10.1 Å². The van der Waals surface area contributed by atoms with Gasteiger partial charge in [0.15, 0.2) is 17.9 Å². The molecule has 3 rings (SSSR count). The minimum absolute atomic E-state index is 0.0572. The standard InChI is InChI=1S/C17H22ClN3O11P2/c18-11-3-1-10(2-4-11)7-30-20-13-5-6-21(17(24)19-13)16-15(23)14(22)12(32-16)8-31-34(28,29)9-33(25,26)27/h1-6,12,14-16,22-23H,7-9H2,(H,28,29)(H,19,20,24)(H2,25,26,27)/t12-,14-,15-,16-/m1/s1. The average Bonchev–Trinajstić information content (AvgIpc) is 3.01. The van der Waals surface area contributed by atoms with Gasteiger partial charge in [0, 0.05) is 11.2 Å². The first-order valence-corrected chi connectivity index (χ1v) is 13.5. The van der Waals surface area contributed by atoms with E-state index in [1.807, 2.05) is 0 Å². The number of anilines is 1. The Labute approximate surface area is 197 Å². The summed E-state index contributed by atoms with van der Waals surface area (Å²) < 4.78 is 33.5. The Bertz CT molecular complexity index is 1140. The van der Waals surface area contributed by atoms with E-state index in [0.29, 0.717) is 5.02 Å². The van der Waals surface area contributed by atoms with E-state index in [2.05, 4.69) is 15.0 Å². The summed E-state index contributed by atoms with van der Waals surface area (Å²) in [7, 11) is -9.54. The van der Waals surface area contributed by atoms with Crippen LogP contribution in [0.2, 0.25) is 5.02 Å². The van der Waals surface area contributed by atoms with Gasteiger partial charge in [-0.1, -0.05) is 23.7 Å². The lowest BCUT2D eigenvalue weighted by molar-refractivity contribution is -0.0523. The van der Waals surface area contributed by atoms with Crippen LogP contribution < -0.4 is 11.2 Å². The van der Waals surface area contributed by atoms with Crippen molar-refractivity contribution in [1.29, 1.82) is 0 Å². The highest BCUT2D eigenvalue weighted by Gasteiger charge is 2.45. The quantitative estimate of drug-likeness (QED) is 0.178. The summed E-state index contributed by atoms with van der Waals surface area (Å²) in [4.78, 5) is 48.6. The van der Waals surface area contributed by atoms with Crippen molar-refractivity contribution >= 4 is 32.6 Å². The van der Waals surface area contributed by atoms with Gasteiger partial charge in [0.2, 0.25) is 0 Å². The highest BCUT2D eigenvalue weighted by Crippen LogP contribution is 2.55. The summed E-state index contributed by atoms with van der Waals surface area (Å²) in [6, 6.07) is 8.23. The maximum atomic E-state index is 12.4. The fourth-order valence-electron chi connectivity index (χ4n) is 3.00. The van der Waals surface area contributed by atoms with Crippen LogP contribution in [0, 0.1) is 0 Å². The molecule has 34 heavy (non-hydrogen) atoms. The van der Waals surface area contributed by atoms with E-state index in [-0.39, 0.29) is 12.4 Å². The number of nitrogens with zero attached hydrogens (tertiary/aromatic N) is 2. The van der Waals surface area contributed by atoms with Crippen LogP contribution >= 0.6 is 26.8 Å². The number of aliphatic hydroxyl groups excluding tert-OH is 2. The summed E-state index contributed by atoms with van der Waals surface area (Å²) >= 11 is 5.81. The first kappa shape index (κ1) is 26.9. The SMILES string of the molecule is O=c1nc(NOCc2ccc(Cl)cc2)ccn1[C@@H]1O[C@H](COP(=O)(O)CP(=O)(O)O)[C@@H](O)[C@H]1O. The molecular formula is C17H22ClN3O11P2. The molecule has 0 bridgehead atoms. The van der Waals surface area contributed by atoms with Gasteiger partial charge in [0.1, 0.15) is 18.3 Å². The van der Waals surface area contributed by atoms with Crippen molar-refractivity contribution < 1.29 is 48.1 Å². The lowest BCUT2D eigenvalue weighted by Gasteiger charge is -2.18. The van der Waals surface area contributed by atoms with E-state index in [1.165, 1.54) is 12.3 Å². The van der Waals surface area contributed by atoms with Crippen LogP contribution in [-0.4, -0.2) is 65.3 Å². The molecule has 0 radical (unpaired) electrons. The van der Waals surface area contributed by atoms with Gasteiger partial charge < -0.3 is 34.2 Å². The number of nitrogens with one attached hydrogen (secondary N) is 1. The van der Waals surface area contributed by atoms with E-state index in [4.69, 9.17) is 31.0 Å². The van der Waals surface area contributed by atoms with Crippen molar-refractivity contribution in [2.45, 2.75) is 31.1 Å². The summed E-state index contributed by atoms with van der Waals surface area (Å²) in [6.45, 7) is -0.625. The van der Waals surface area contributed by atoms with Gasteiger partial charge in [-0.05, 0) is 23.8 Å². The summed E-state index contributed by atoms with van der Waals surface area (Å²) in [5, 5.41) is 21.0. The Morgan fingerprint density at radius 1 is 1.12 bits per heavy atom. The maximum Gasteiger partial charge on any atom is 0.351 e. The summed E-state index contributed by atoms with van der Waals surface area (Å²) in [5.74, 6) is -1.37. The van der Waals surface area contributed by atoms with Crippen molar-refractivity contribution in [2.75, 3.05) is 18.0 Å². The first-order chi connectivity index (χ1) is 15.8. The van der Waals surface area contributed by atoms with Gasteiger partial charge in [-0.3, -0.25) is 18.5 Å². The first-order valence-electron chi connectivity index (χ1n) is 9.58. The van der Waals surface area contributed by atoms with Gasteiger partial charge >= 0.3 is 20.9 Å². The fraction of sp³-hybridized carbons (Fsp3) is 0.412. The molecule has 0 aliphatic carbocycles. The number of aliphatic hydroxyl groups is 2. The van der Waals surface area contributed by atoms with Crippen LogP contribution in [0.1, 0.15) is 11.8 Å². The molecule has 1 unspecified atom stereocenters. The third-order valence-corrected chi connectivity index (χ3v) is 8.28. The molecule has 14 nitrogen and oxygen atoms in total. The van der Waals surface area contributed by atoms with Crippen LogP contribution in [0.4, 0.5) is 5.82 Å². The molecule has 188 valence electrons. The second-order valence-corrected chi connectivity index (χ2v) is 11.7. The zero-order chi connectivity index (χ0) is 25.1.